The lowest BCUT2D eigenvalue weighted by molar-refractivity contribution is -0.137. The molecule has 0 aliphatic carbocycles. The fourth-order valence-corrected chi connectivity index (χ4v) is 0.518. The maximum absolute atomic E-state index is 10.7. The highest BCUT2D eigenvalue weighted by atomic mass is 16.5. The Bertz CT molecular complexity index is 248. The van der Waals surface area contributed by atoms with Crippen LogP contribution in [0.3, 0.4) is 0 Å². The molecule has 0 unspecified atom stereocenters. The van der Waals surface area contributed by atoms with E-state index in [0.29, 0.717) is 6.61 Å². The Hall–Kier alpha value is -1.27. The summed E-state index contributed by atoms with van der Waals surface area (Å²) in [5, 5.41) is 9.16. The SMILES string of the molecule is CCOC(=O)/C=C\C#CC(C)(C)O. The van der Waals surface area contributed by atoms with Crippen molar-refractivity contribution >= 4 is 5.97 Å². The number of carbonyl (C=O) groups excluding carboxylic acids is 1. The first-order chi connectivity index (χ1) is 5.95. The Morgan fingerprint density at radius 3 is 2.69 bits per heavy atom. The summed E-state index contributed by atoms with van der Waals surface area (Å²) in [6.07, 6.45) is 2.58. The number of hydrogen-bond acceptors (Lipinski definition) is 3. The van der Waals surface area contributed by atoms with Gasteiger partial charge in [-0.1, -0.05) is 11.8 Å². The monoisotopic (exact) mass is 182 g/mol. The Labute approximate surface area is 78.4 Å². The number of esters is 1. The lowest BCUT2D eigenvalue weighted by atomic mass is 10.1. The van der Waals surface area contributed by atoms with Gasteiger partial charge in [0.1, 0.15) is 5.60 Å². The molecule has 0 rings (SSSR count). The first kappa shape index (κ1) is 11.7. The fourth-order valence-electron chi connectivity index (χ4n) is 0.518. The summed E-state index contributed by atoms with van der Waals surface area (Å²) in [6, 6.07) is 0. The van der Waals surface area contributed by atoms with E-state index in [9.17, 15) is 4.79 Å². The summed E-state index contributed by atoms with van der Waals surface area (Å²) in [5.74, 6) is 4.64. The number of allylic oxidation sites excluding steroid dienone is 1. The van der Waals surface area contributed by atoms with E-state index in [2.05, 4.69) is 16.6 Å². The van der Waals surface area contributed by atoms with Gasteiger partial charge in [-0.2, -0.15) is 0 Å². The maximum atomic E-state index is 10.7. The molecule has 3 nitrogen and oxygen atoms in total. The largest absolute Gasteiger partial charge is 0.463 e. The highest BCUT2D eigenvalue weighted by Crippen LogP contribution is 1.95. The van der Waals surface area contributed by atoms with Crippen LogP contribution in [-0.2, 0) is 9.53 Å². The topological polar surface area (TPSA) is 46.5 Å². The standard InChI is InChI=1S/C10H14O3/c1-4-13-9(11)7-5-6-8-10(2,3)12/h5,7,12H,4H2,1-3H3/b7-5-. The summed E-state index contributed by atoms with van der Waals surface area (Å²) in [5.41, 5.74) is -1.03. The Morgan fingerprint density at radius 2 is 2.23 bits per heavy atom. The van der Waals surface area contributed by atoms with Crippen molar-refractivity contribution in [1.82, 2.24) is 0 Å². The minimum absolute atomic E-state index is 0.349. The van der Waals surface area contributed by atoms with Crippen LogP contribution in [0.1, 0.15) is 20.8 Å². The Kier molecular flexibility index (Phi) is 4.86. The summed E-state index contributed by atoms with van der Waals surface area (Å²) in [4.78, 5) is 10.7. The van der Waals surface area contributed by atoms with Gasteiger partial charge in [0.2, 0.25) is 0 Å². The highest BCUT2D eigenvalue weighted by Gasteiger charge is 2.04. The van der Waals surface area contributed by atoms with Crippen molar-refractivity contribution in [3.8, 4) is 11.8 Å². The highest BCUT2D eigenvalue weighted by molar-refractivity contribution is 5.82. The number of rotatable bonds is 2. The first-order valence-corrected chi connectivity index (χ1v) is 4.04. The van der Waals surface area contributed by atoms with Crippen molar-refractivity contribution in [3.63, 3.8) is 0 Å². The molecule has 0 aliphatic rings. The molecule has 0 aromatic carbocycles. The molecule has 13 heavy (non-hydrogen) atoms. The Balaban J connectivity index is 3.99. The minimum atomic E-state index is -1.03. The molecule has 0 amide bonds. The van der Waals surface area contributed by atoms with Crippen LogP contribution in [0, 0.1) is 11.8 Å². The lowest BCUT2D eigenvalue weighted by Crippen LogP contribution is -2.14. The van der Waals surface area contributed by atoms with Crippen molar-refractivity contribution in [2.75, 3.05) is 6.61 Å². The molecule has 0 aromatic rings. The molecule has 1 N–H and O–H groups in total. The summed E-state index contributed by atoms with van der Waals surface area (Å²) < 4.78 is 4.62. The zero-order chi connectivity index (χ0) is 10.3. The number of hydrogen-bond donors (Lipinski definition) is 1. The van der Waals surface area contributed by atoms with E-state index < -0.39 is 11.6 Å². The second-order valence-electron chi connectivity index (χ2n) is 2.91. The van der Waals surface area contributed by atoms with Crippen LogP contribution in [-0.4, -0.2) is 23.3 Å². The van der Waals surface area contributed by atoms with Crippen molar-refractivity contribution in [3.05, 3.63) is 12.2 Å². The van der Waals surface area contributed by atoms with Crippen LogP contribution >= 0.6 is 0 Å². The van der Waals surface area contributed by atoms with Crippen LogP contribution in [0.2, 0.25) is 0 Å². The normalized spacial score (nSPS) is 10.8. The van der Waals surface area contributed by atoms with Gasteiger partial charge in [-0.15, -0.1) is 0 Å². The number of ether oxygens (including phenoxy) is 1. The molecular formula is C10H14O3. The zero-order valence-corrected chi connectivity index (χ0v) is 8.13. The molecule has 0 atom stereocenters. The molecular weight excluding hydrogens is 168 g/mol. The number of carbonyl (C=O) groups is 1. The van der Waals surface area contributed by atoms with Crippen LogP contribution in [0.15, 0.2) is 12.2 Å². The summed E-state index contributed by atoms with van der Waals surface area (Å²) >= 11 is 0. The van der Waals surface area contributed by atoms with Crippen LogP contribution in [0.4, 0.5) is 0 Å². The third-order valence-corrected chi connectivity index (χ3v) is 0.967. The van der Waals surface area contributed by atoms with Gasteiger partial charge >= 0.3 is 5.97 Å². The molecule has 0 saturated heterocycles. The van der Waals surface area contributed by atoms with Gasteiger partial charge in [0.15, 0.2) is 0 Å². The predicted octanol–water partition coefficient (Wildman–Crippen LogP) is 0.880. The summed E-state index contributed by atoms with van der Waals surface area (Å²) in [7, 11) is 0. The minimum Gasteiger partial charge on any atom is -0.463 e. The van der Waals surface area contributed by atoms with Gasteiger partial charge in [0, 0.05) is 6.08 Å². The van der Waals surface area contributed by atoms with Gasteiger partial charge in [-0.25, -0.2) is 4.79 Å². The molecule has 0 fully saturated rings. The molecule has 0 spiro atoms. The smallest absolute Gasteiger partial charge is 0.331 e. The second kappa shape index (κ2) is 5.39. The zero-order valence-electron chi connectivity index (χ0n) is 8.13. The molecule has 3 heteroatoms. The fraction of sp³-hybridized carbons (Fsp3) is 0.500. The van der Waals surface area contributed by atoms with Crippen molar-refractivity contribution in [1.29, 1.82) is 0 Å². The van der Waals surface area contributed by atoms with Crippen molar-refractivity contribution < 1.29 is 14.6 Å². The van der Waals surface area contributed by atoms with Gasteiger partial charge in [0.05, 0.1) is 6.61 Å². The third-order valence-electron chi connectivity index (χ3n) is 0.967. The first-order valence-electron chi connectivity index (χ1n) is 4.04. The average molecular weight is 182 g/mol. The van der Waals surface area contributed by atoms with Crippen LogP contribution in [0.5, 0.6) is 0 Å². The van der Waals surface area contributed by atoms with Gasteiger partial charge < -0.3 is 9.84 Å². The average Bonchev–Trinajstić information content (AvgIpc) is 1.97. The van der Waals surface area contributed by atoms with Gasteiger partial charge in [-0.05, 0) is 26.8 Å². The molecule has 0 heterocycles. The quantitative estimate of drug-likeness (QED) is 0.392. The molecule has 0 aromatic heterocycles. The second-order valence-corrected chi connectivity index (χ2v) is 2.91. The molecule has 0 saturated carbocycles. The van der Waals surface area contributed by atoms with Crippen molar-refractivity contribution in [2.45, 2.75) is 26.4 Å². The lowest BCUT2D eigenvalue weighted by Gasteiger charge is -2.04. The molecule has 0 bridgehead atoms. The van der Waals surface area contributed by atoms with E-state index in [1.807, 2.05) is 0 Å². The molecule has 0 radical (unpaired) electrons. The maximum Gasteiger partial charge on any atom is 0.331 e. The number of aliphatic hydroxyl groups is 1. The van der Waals surface area contributed by atoms with Gasteiger partial charge in [-0.3, -0.25) is 0 Å². The molecule has 72 valence electrons. The predicted molar refractivity (Wildman–Crippen MR) is 49.8 cm³/mol. The van der Waals surface area contributed by atoms with E-state index >= 15 is 0 Å². The third kappa shape index (κ3) is 8.64. The van der Waals surface area contributed by atoms with Crippen LogP contribution < -0.4 is 0 Å². The van der Waals surface area contributed by atoms with E-state index in [0.717, 1.165) is 0 Å². The Morgan fingerprint density at radius 1 is 1.62 bits per heavy atom. The van der Waals surface area contributed by atoms with Crippen LogP contribution in [0.25, 0.3) is 0 Å². The van der Waals surface area contributed by atoms with E-state index in [4.69, 9.17) is 5.11 Å². The van der Waals surface area contributed by atoms with E-state index in [1.165, 1.54) is 12.2 Å². The molecule has 0 aliphatic heterocycles. The van der Waals surface area contributed by atoms with Crippen molar-refractivity contribution in [2.24, 2.45) is 0 Å². The van der Waals surface area contributed by atoms with Gasteiger partial charge in [0.25, 0.3) is 0 Å². The van der Waals surface area contributed by atoms with E-state index in [1.54, 1.807) is 20.8 Å². The summed E-state index contributed by atoms with van der Waals surface area (Å²) in [6.45, 7) is 5.22. The van der Waals surface area contributed by atoms with E-state index in [-0.39, 0.29) is 0 Å².